The van der Waals surface area contributed by atoms with E-state index in [-0.39, 0.29) is 11.8 Å². The third kappa shape index (κ3) is 3.20. The molecule has 0 spiro atoms. The first kappa shape index (κ1) is 12.0. The Hall–Kier alpha value is -1.09. The fourth-order valence-electron chi connectivity index (χ4n) is 1.08. The van der Waals surface area contributed by atoms with Gasteiger partial charge in [-0.25, -0.2) is 4.98 Å². The Morgan fingerprint density at radius 2 is 2.33 bits per heavy atom. The van der Waals surface area contributed by atoms with E-state index < -0.39 is 0 Å². The second kappa shape index (κ2) is 5.12. The number of hydrogen-bond acceptors (Lipinski definition) is 2. The van der Waals surface area contributed by atoms with Gasteiger partial charge in [-0.05, 0) is 25.0 Å². The molecule has 4 heteroatoms. The predicted octanol–water partition coefficient (Wildman–Crippen LogP) is 3.03. The van der Waals surface area contributed by atoms with E-state index >= 15 is 0 Å². The zero-order chi connectivity index (χ0) is 11.4. The first-order valence-electron chi connectivity index (χ1n) is 4.97. The van der Waals surface area contributed by atoms with E-state index in [1.165, 1.54) is 0 Å². The van der Waals surface area contributed by atoms with Gasteiger partial charge in [0.15, 0.2) is 5.15 Å². The lowest BCUT2D eigenvalue weighted by Crippen LogP contribution is -2.20. The maximum atomic E-state index is 11.6. The number of nitrogens with zero attached hydrogens (tertiary/aromatic N) is 1. The van der Waals surface area contributed by atoms with Crippen molar-refractivity contribution in [2.24, 2.45) is 5.92 Å². The van der Waals surface area contributed by atoms with Gasteiger partial charge in [0.05, 0.1) is 5.69 Å². The van der Waals surface area contributed by atoms with Crippen molar-refractivity contribution in [1.82, 2.24) is 4.98 Å². The minimum atomic E-state index is -0.0215. The number of carbonyl (C=O) groups excluding carboxylic acids is 1. The molecule has 3 nitrogen and oxygen atoms in total. The standard InChI is InChI=1S/C11H15ClN2O/c1-4-8(3)11(15)14-9-5-7(2)6-13-10(9)12/h5-6,8H,4H2,1-3H3,(H,14,15). The molecule has 0 aliphatic heterocycles. The van der Waals surface area contributed by atoms with Crippen LogP contribution in [-0.2, 0) is 4.79 Å². The van der Waals surface area contributed by atoms with E-state index in [1.807, 2.05) is 26.8 Å². The van der Waals surface area contributed by atoms with Crippen LogP contribution in [0.1, 0.15) is 25.8 Å². The van der Waals surface area contributed by atoms with E-state index in [1.54, 1.807) is 6.20 Å². The molecule has 1 unspecified atom stereocenters. The minimum absolute atomic E-state index is 0.0124. The third-order valence-corrected chi connectivity index (χ3v) is 2.59. The summed E-state index contributed by atoms with van der Waals surface area (Å²) in [4.78, 5) is 15.6. The topological polar surface area (TPSA) is 42.0 Å². The van der Waals surface area contributed by atoms with Gasteiger partial charge in [-0.15, -0.1) is 0 Å². The van der Waals surface area contributed by atoms with Crippen molar-refractivity contribution in [3.63, 3.8) is 0 Å². The summed E-state index contributed by atoms with van der Waals surface area (Å²) in [7, 11) is 0. The molecule has 1 heterocycles. The molecule has 1 rings (SSSR count). The van der Waals surface area contributed by atoms with Gasteiger partial charge in [-0.3, -0.25) is 4.79 Å². The molecule has 0 aromatic carbocycles. The largest absolute Gasteiger partial charge is 0.323 e. The Labute approximate surface area is 94.9 Å². The summed E-state index contributed by atoms with van der Waals surface area (Å²) in [6, 6.07) is 1.82. The molecule has 1 N–H and O–H groups in total. The van der Waals surface area contributed by atoms with Gasteiger partial charge >= 0.3 is 0 Å². The molecule has 1 atom stereocenters. The van der Waals surface area contributed by atoms with Gasteiger partial charge in [0.25, 0.3) is 0 Å². The molecule has 1 aromatic rings. The maximum Gasteiger partial charge on any atom is 0.227 e. The molecule has 0 aliphatic rings. The molecule has 82 valence electrons. The fraction of sp³-hybridized carbons (Fsp3) is 0.455. The quantitative estimate of drug-likeness (QED) is 0.805. The van der Waals surface area contributed by atoms with Crippen molar-refractivity contribution in [3.8, 4) is 0 Å². The monoisotopic (exact) mass is 226 g/mol. The zero-order valence-electron chi connectivity index (χ0n) is 9.17. The van der Waals surface area contributed by atoms with Crippen LogP contribution in [0.3, 0.4) is 0 Å². The summed E-state index contributed by atoms with van der Waals surface area (Å²) < 4.78 is 0. The van der Waals surface area contributed by atoms with Crippen LogP contribution >= 0.6 is 11.6 Å². The van der Waals surface area contributed by atoms with Crippen LogP contribution in [0, 0.1) is 12.8 Å². The van der Waals surface area contributed by atoms with Crippen molar-refractivity contribution < 1.29 is 4.79 Å². The summed E-state index contributed by atoms with van der Waals surface area (Å²) in [5.74, 6) is -0.0339. The number of hydrogen-bond donors (Lipinski definition) is 1. The Kier molecular flexibility index (Phi) is 4.09. The Bertz CT molecular complexity index is 366. The number of halogens is 1. The smallest absolute Gasteiger partial charge is 0.227 e. The molecule has 0 aliphatic carbocycles. The summed E-state index contributed by atoms with van der Waals surface area (Å²) >= 11 is 5.86. The second-order valence-electron chi connectivity index (χ2n) is 3.65. The molecule has 1 aromatic heterocycles. The highest BCUT2D eigenvalue weighted by Crippen LogP contribution is 2.20. The van der Waals surface area contributed by atoms with Gasteiger partial charge < -0.3 is 5.32 Å². The number of aryl methyl sites for hydroxylation is 1. The van der Waals surface area contributed by atoms with Crippen molar-refractivity contribution in [1.29, 1.82) is 0 Å². The molecule has 0 saturated heterocycles. The zero-order valence-corrected chi connectivity index (χ0v) is 9.93. The number of carbonyl (C=O) groups is 1. The van der Waals surface area contributed by atoms with Crippen LogP contribution in [0.15, 0.2) is 12.3 Å². The van der Waals surface area contributed by atoms with Crippen LogP contribution in [0.4, 0.5) is 5.69 Å². The number of pyridine rings is 1. The summed E-state index contributed by atoms with van der Waals surface area (Å²) in [6.45, 7) is 5.76. The van der Waals surface area contributed by atoms with Crippen molar-refractivity contribution in [2.75, 3.05) is 5.32 Å². The predicted molar refractivity (Wildman–Crippen MR) is 62.1 cm³/mol. The van der Waals surface area contributed by atoms with E-state index in [9.17, 15) is 4.79 Å². The average Bonchev–Trinajstić information content (AvgIpc) is 2.22. The summed E-state index contributed by atoms with van der Waals surface area (Å²) in [5.41, 5.74) is 1.56. The Morgan fingerprint density at radius 3 is 2.93 bits per heavy atom. The van der Waals surface area contributed by atoms with E-state index in [0.717, 1.165) is 12.0 Å². The molecular formula is C11H15ClN2O. The van der Waals surface area contributed by atoms with E-state index in [2.05, 4.69) is 10.3 Å². The lowest BCUT2D eigenvalue weighted by Gasteiger charge is -2.11. The number of rotatable bonds is 3. The van der Waals surface area contributed by atoms with Crippen LogP contribution in [0.5, 0.6) is 0 Å². The number of anilines is 1. The third-order valence-electron chi connectivity index (χ3n) is 2.29. The minimum Gasteiger partial charge on any atom is -0.323 e. The van der Waals surface area contributed by atoms with Gasteiger partial charge in [0, 0.05) is 12.1 Å². The highest BCUT2D eigenvalue weighted by atomic mass is 35.5. The summed E-state index contributed by atoms with van der Waals surface area (Å²) in [6.07, 6.45) is 2.48. The van der Waals surface area contributed by atoms with Crippen molar-refractivity contribution in [2.45, 2.75) is 27.2 Å². The fourth-order valence-corrected chi connectivity index (χ4v) is 1.23. The summed E-state index contributed by atoms with van der Waals surface area (Å²) in [5, 5.41) is 3.10. The number of amides is 1. The lowest BCUT2D eigenvalue weighted by molar-refractivity contribution is -0.119. The van der Waals surface area contributed by atoms with Gasteiger partial charge in [0.2, 0.25) is 5.91 Å². The van der Waals surface area contributed by atoms with E-state index in [0.29, 0.717) is 10.8 Å². The highest BCUT2D eigenvalue weighted by Gasteiger charge is 2.12. The first-order chi connectivity index (χ1) is 7.04. The van der Waals surface area contributed by atoms with Crippen molar-refractivity contribution in [3.05, 3.63) is 23.0 Å². The SMILES string of the molecule is CCC(C)C(=O)Nc1cc(C)cnc1Cl. The van der Waals surface area contributed by atoms with Gasteiger partial charge in [-0.2, -0.15) is 0 Å². The van der Waals surface area contributed by atoms with Gasteiger partial charge in [0.1, 0.15) is 0 Å². The molecular weight excluding hydrogens is 212 g/mol. The number of nitrogens with one attached hydrogen (secondary N) is 1. The molecule has 0 bridgehead atoms. The lowest BCUT2D eigenvalue weighted by atomic mass is 10.1. The van der Waals surface area contributed by atoms with Crippen LogP contribution < -0.4 is 5.32 Å². The Balaban J connectivity index is 2.80. The van der Waals surface area contributed by atoms with E-state index in [4.69, 9.17) is 11.6 Å². The second-order valence-corrected chi connectivity index (χ2v) is 4.01. The normalized spacial score (nSPS) is 12.3. The number of aromatic nitrogens is 1. The van der Waals surface area contributed by atoms with Gasteiger partial charge in [-0.1, -0.05) is 25.4 Å². The maximum absolute atomic E-state index is 11.6. The van der Waals surface area contributed by atoms with Crippen LogP contribution in [-0.4, -0.2) is 10.9 Å². The molecule has 0 fully saturated rings. The van der Waals surface area contributed by atoms with Crippen molar-refractivity contribution >= 4 is 23.2 Å². The average molecular weight is 227 g/mol. The van der Waals surface area contributed by atoms with Crippen LogP contribution in [0.2, 0.25) is 5.15 Å². The molecule has 0 radical (unpaired) electrons. The molecule has 1 amide bonds. The highest BCUT2D eigenvalue weighted by molar-refractivity contribution is 6.32. The molecule has 0 saturated carbocycles. The Morgan fingerprint density at radius 1 is 1.67 bits per heavy atom. The van der Waals surface area contributed by atoms with Crippen LogP contribution in [0.25, 0.3) is 0 Å². The molecule has 15 heavy (non-hydrogen) atoms. The first-order valence-corrected chi connectivity index (χ1v) is 5.35.